The molecule has 0 atom stereocenters. The van der Waals surface area contributed by atoms with E-state index in [4.69, 9.17) is 0 Å². The first-order valence-electron chi connectivity index (χ1n) is 6.49. The van der Waals surface area contributed by atoms with Gasteiger partial charge in [0.15, 0.2) is 0 Å². The molecule has 0 rings (SSSR count). The molecule has 0 bridgehead atoms. The zero-order valence-electron chi connectivity index (χ0n) is 12.2. The molecule has 3 heteroatoms. The maximum atomic E-state index is 11.3. The molecule has 0 radical (unpaired) electrons. The van der Waals surface area contributed by atoms with Crippen molar-refractivity contribution in [2.45, 2.75) is 45.6 Å². The molecule has 1 amide bonds. The van der Waals surface area contributed by atoms with E-state index in [1.165, 1.54) is 19.0 Å². The molecule has 0 fully saturated rings. The molecular formula is C14H29N2O+. The van der Waals surface area contributed by atoms with Gasteiger partial charge in [-0.3, -0.25) is 4.79 Å². The smallest absolute Gasteiger partial charge is 0.243 e. The van der Waals surface area contributed by atoms with Crippen molar-refractivity contribution in [2.24, 2.45) is 0 Å². The molecule has 0 aromatic carbocycles. The highest BCUT2D eigenvalue weighted by Gasteiger charge is 2.21. The summed E-state index contributed by atoms with van der Waals surface area (Å²) in [6.07, 6.45) is 4.66. The van der Waals surface area contributed by atoms with Crippen LogP contribution < -0.4 is 5.32 Å². The van der Waals surface area contributed by atoms with Crippen LogP contribution in [0.1, 0.15) is 40.0 Å². The summed E-state index contributed by atoms with van der Waals surface area (Å²) in [5.74, 6) is -0.0858. The van der Waals surface area contributed by atoms with E-state index in [1.807, 2.05) is 0 Å². The number of nitrogens with zero attached hydrogens (tertiary/aromatic N) is 1. The standard InChI is InChI=1S/C14H28N2O/c1-7-11-16(5,6)12-9-10-14(3,4)15-13(17)8-2/h8H,2,7,9-12H2,1,3-6H3/p+1. The van der Waals surface area contributed by atoms with Crippen molar-refractivity contribution in [2.75, 3.05) is 27.2 Å². The van der Waals surface area contributed by atoms with E-state index in [9.17, 15) is 4.79 Å². The normalized spacial score (nSPS) is 12.3. The van der Waals surface area contributed by atoms with Crippen LogP contribution in [0.3, 0.4) is 0 Å². The van der Waals surface area contributed by atoms with Gasteiger partial charge in [0.1, 0.15) is 0 Å². The SMILES string of the molecule is C=CC(=O)NC(C)(C)CCC[N+](C)(C)CCC. The second-order valence-corrected chi connectivity index (χ2v) is 6.06. The van der Waals surface area contributed by atoms with Crippen molar-refractivity contribution < 1.29 is 9.28 Å². The minimum Gasteiger partial charge on any atom is -0.348 e. The Morgan fingerprint density at radius 3 is 2.41 bits per heavy atom. The van der Waals surface area contributed by atoms with E-state index >= 15 is 0 Å². The van der Waals surface area contributed by atoms with Gasteiger partial charge in [-0.05, 0) is 39.2 Å². The Bertz CT molecular complexity index is 257. The van der Waals surface area contributed by atoms with E-state index < -0.39 is 0 Å². The second kappa shape index (κ2) is 6.80. The molecule has 0 aliphatic heterocycles. The van der Waals surface area contributed by atoms with E-state index in [1.54, 1.807) is 0 Å². The summed E-state index contributed by atoms with van der Waals surface area (Å²) in [6, 6.07) is 0. The van der Waals surface area contributed by atoms with Crippen molar-refractivity contribution in [1.82, 2.24) is 5.32 Å². The highest BCUT2D eigenvalue weighted by atomic mass is 16.1. The van der Waals surface area contributed by atoms with Gasteiger partial charge in [0, 0.05) is 5.54 Å². The van der Waals surface area contributed by atoms with Crippen LogP contribution in [-0.2, 0) is 4.79 Å². The number of carbonyl (C=O) groups is 1. The van der Waals surface area contributed by atoms with Gasteiger partial charge < -0.3 is 9.80 Å². The maximum Gasteiger partial charge on any atom is 0.243 e. The lowest BCUT2D eigenvalue weighted by molar-refractivity contribution is -0.890. The first-order valence-corrected chi connectivity index (χ1v) is 6.49. The van der Waals surface area contributed by atoms with Gasteiger partial charge in [-0.15, -0.1) is 0 Å². The zero-order valence-corrected chi connectivity index (χ0v) is 12.2. The third-order valence-electron chi connectivity index (χ3n) is 3.04. The largest absolute Gasteiger partial charge is 0.348 e. The van der Waals surface area contributed by atoms with Crippen molar-refractivity contribution >= 4 is 5.91 Å². The van der Waals surface area contributed by atoms with E-state index in [2.05, 4.69) is 46.8 Å². The molecule has 0 saturated heterocycles. The van der Waals surface area contributed by atoms with Crippen molar-refractivity contribution in [3.8, 4) is 0 Å². The van der Waals surface area contributed by atoms with Gasteiger partial charge in [0.2, 0.25) is 5.91 Å². The molecule has 0 aliphatic rings. The minimum atomic E-state index is -0.141. The summed E-state index contributed by atoms with van der Waals surface area (Å²) in [5.41, 5.74) is -0.141. The summed E-state index contributed by atoms with van der Waals surface area (Å²) in [7, 11) is 4.53. The number of quaternary nitrogens is 1. The van der Waals surface area contributed by atoms with Gasteiger partial charge in [-0.25, -0.2) is 0 Å². The average molecular weight is 241 g/mol. The zero-order chi connectivity index (χ0) is 13.5. The van der Waals surface area contributed by atoms with Gasteiger partial charge in [-0.2, -0.15) is 0 Å². The molecule has 0 aromatic rings. The number of hydrogen-bond donors (Lipinski definition) is 1. The number of nitrogens with one attached hydrogen (secondary N) is 1. The van der Waals surface area contributed by atoms with Crippen molar-refractivity contribution in [3.05, 3.63) is 12.7 Å². The Morgan fingerprint density at radius 2 is 1.94 bits per heavy atom. The van der Waals surface area contributed by atoms with Crippen LogP contribution in [0.15, 0.2) is 12.7 Å². The lowest BCUT2D eigenvalue weighted by atomic mass is 9.98. The molecule has 100 valence electrons. The van der Waals surface area contributed by atoms with Crippen LogP contribution >= 0.6 is 0 Å². The summed E-state index contributed by atoms with van der Waals surface area (Å²) in [5, 5.41) is 2.96. The number of hydrogen-bond acceptors (Lipinski definition) is 1. The fourth-order valence-electron chi connectivity index (χ4n) is 2.11. The Kier molecular flexibility index (Phi) is 6.46. The lowest BCUT2D eigenvalue weighted by Crippen LogP contribution is -2.45. The van der Waals surface area contributed by atoms with Crippen molar-refractivity contribution in [1.29, 1.82) is 0 Å². The molecule has 0 saturated carbocycles. The number of amides is 1. The van der Waals surface area contributed by atoms with E-state index in [-0.39, 0.29) is 11.4 Å². The first kappa shape index (κ1) is 16.2. The van der Waals surface area contributed by atoms with E-state index in [0.29, 0.717) is 0 Å². The highest BCUT2D eigenvalue weighted by molar-refractivity contribution is 5.87. The van der Waals surface area contributed by atoms with Crippen LogP contribution in [-0.4, -0.2) is 43.1 Å². The molecule has 0 heterocycles. The molecule has 0 aromatic heterocycles. The number of carbonyl (C=O) groups excluding carboxylic acids is 1. The summed E-state index contributed by atoms with van der Waals surface area (Å²) < 4.78 is 1.06. The number of rotatable bonds is 8. The Hall–Kier alpha value is -0.830. The van der Waals surface area contributed by atoms with Crippen LogP contribution in [0.4, 0.5) is 0 Å². The monoisotopic (exact) mass is 241 g/mol. The Morgan fingerprint density at radius 1 is 1.35 bits per heavy atom. The van der Waals surface area contributed by atoms with Crippen molar-refractivity contribution in [3.63, 3.8) is 0 Å². The molecule has 0 aliphatic carbocycles. The molecular weight excluding hydrogens is 212 g/mol. The molecule has 3 nitrogen and oxygen atoms in total. The highest BCUT2D eigenvalue weighted by Crippen LogP contribution is 2.13. The second-order valence-electron chi connectivity index (χ2n) is 6.06. The predicted molar refractivity (Wildman–Crippen MR) is 73.8 cm³/mol. The summed E-state index contributed by atoms with van der Waals surface area (Å²) in [4.78, 5) is 11.3. The van der Waals surface area contributed by atoms with Gasteiger partial charge in [0.05, 0.1) is 27.2 Å². The van der Waals surface area contributed by atoms with Gasteiger partial charge in [-0.1, -0.05) is 13.5 Å². The van der Waals surface area contributed by atoms with Crippen LogP contribution in [0.2, 0.25) is 0 Å². The van der Waals surface area contributed by atoms with Crippen LogP contribution in [0.5, 0.6) is 0 Å². The van der Waals surface area contributed by atoms with Crippen LogP contribution in [0.25, 0.3) is 0 Å². The first-order chi connectivity index (χ1) is 7.72. The minimum absolute atomic E-state index is 0.0858. The predicted octanol–water partition coefficient (Wildman–Crippen LogP) is 2.33. The molecule has 0 spiro atoms. The molecule has 17 heavy (non-hydrogen) atoms. The molecule has 1 N–H and O–H groups in total. The summed E-state index contributed by atoms with van der Waals surface area (Å²) in [6.45, 7) is 12.2. The molecule has 0 unspecified atom stereocenters. The fourth-order valence-corrected chi connectivity index (χ4v) is 2.11. The Labute approximate surface area is 106 Å². The fraction of sp³-hybridized carbons (Fsp3) is 0.786. The third kappa shape index (κ3) is 7.97. The van der Waals surface area contributed by atoms with Gasteiger partial charge >= 0.3 is 0 Å². The third-order valence-corrected chi connectivity index (χ3v) is 3.04. The quantitative estimate of drug-likeness (QED) is 0.513. The Balaban J connectivity index is 4.02. The van der Waals surface area contributed by atoms with Gasteiger partial charge in [0.25, 0.3) is 0 Å². The average Bonchev–Trinajstić information content (AvgIpc) is 2.15. The van der Waals surface area contributed by atoms with Crippen LogP contribution in [0, 0.1) is 0 Å². The van der Waals surface area contributed by atoms with E-state index in [0.717, 1.165) is 23.9 Å². The summed E-state index contributed by atoms with van der Waals surface area (Å²) >= 11 is 0. The topological polar surface area (TPSA) is 29.1 Å². The maximum absolute atomic E-state index is 11.3. The lowest BCUT2D eigenvalue weighted by Gasteiger charge is -2.32.